The quantitative estimate of drug-likeness (QED) is 0.197. The summed E-state index contributed by atoms with van der Waals surface area (Å²) in [5.74, 6) is -0.949. The SMILES string of the molecule is CC(C)COc1ccc(/C(O)=C2\C(=O)C(=O)N(CCN(C)C)[C@H]2c2cccc([N+](=O)[O-])c2)cc1. The maximum atomic E-state index is 13.0. The highest BCUT2D eigenvalue weighted by Gasteiger charge is 2.46. The average Bonchev–Trinajstić information content (AvgIpc) is 3.06. The Morgan fingerprint density at radius 2 is 1.85 bits per heavy atom. The summed E-state index contributed by atoms with van der Waals surface area (Å²) in [6.45, 7) is 5.28. The van der Waals surface area contributed by atoms with Gasteiger partial charge in [-0.25, -0.2) is 0 Å². The molecule has 0 radical (unpaired) electrons. The summed E-state index contributed by atoms with van der Waals surface area (Å²) in [6.07, 6.45) is 0. The number of likely N-dealkylation sites (N-methyl/N-ethyl adjacent to an activating group) is 1. The molecule has 9 heteroatoms. The van der Waals surface area contributed by atoms with Gasteiger partial charge < -0.3 is 19.6 Å². The first-order valence-corrected chi connectivity index (χ1v) is 11.0. The van der Waals surface area contributed by atoms with Gasteiger partial charge in [0.2, 0.25) is 0 Å². The van der Waals surface area contributed by atoms with E-state index in [1.807, 2.05) is 32.8 Å². The Bertz CT molecular complexity index is 1110. The highest BCUT2D eigenvalue weighted by Crippen LogP contribution is 2.40. The monoisotopic (exact) mass is 467 g/mol. The van der Waals surface area contributed by atoms with E-state index in [9.17, 15) is 24.8 Å². The van der Waals surface area contributed by atoms with Crippen LogP contribution in [0.15, 0.2) is 54.1 Å². The van der Waals surface area contributed by atoms with Crippen LogP contribution in [0.3, 0.4) is 0 Å². The van der Waals surface area contributed by atoms with E-state index in [1.54, 1.807) is 30.3 Å². The molecule has 1 heterocycles. The van der Waals surface area contributed by atoms with Crippen LogP contribution >= 0.6 is 0 Å². The van der Waals surface area contributed by atoms with Gasteiger partial charge in [0.1, 0.15) is 11.5 Å². The maximum absolute atomic E-state index is 13.0. The molecule has 1 atom stereocenters. The third-order valence-corrected chi connectivity index (χ3v) is 5.44. The largest absolute Gasteiger partial charge is 0.507 e. The number of nitrogens with zero attached hydrogens (tertiary/aromatic N) is 3. The minimum atomic E-state index is -0.947. The fourth-order valence-corrected chi connectivity index (χ4v) is 3.70. The number of hydrogen-bond acceptors (Lipinski definition) is 7. The van der Waals surface area contributed by atoms with Crippen LogP contribution in [0.1, 0.15) is 31.0 Å². The molecule has 0 bridgehead atoms. The van der Waals surface area contributed by atoms with Gasteiger partial charge in [-0.2, -0.15) is 0 Å². The lowest BCUT2D eigenvalue weighted by atomic mass is 9.95. The number of ether oxygens (including phenoxy) is 1. The topological polar surface area (TPSA) is 113 Å². The molecule has 1 fully saturated rings. The van der Waals surface area contributed by atoms with Gasteiger partial charge in [0.05, 0.1) is 23.1 Å². The number of aliphatic hydroxyl groups excluding tert-OH is 1. The first-order valence-electron chi connectivity index (χ1n) is 11.0. The molecule has 9 nitrogen and oxygen atoms in total. The van der Waals surface area contributed by atoms with Gasteiger partial charge >= 0.3 is 0 Å². The Labute approximate surface area is 198 Å². The summed E-state index contributed by atoms with van der Waals surface area (Å²) in [6, 6.07) is 11.4. The van der Waals surface area contributed by atoms with Crippen molar-refractivity contribution < 1.29 is 24.4 Å². The van der Waals surface area contributed by atoms with Gasteiger partial charge in [0.15, 0.2) is 0 Å². The zero-order valence-electron chi connectivity index (χ0n) is 19.7. The van der Waals surface area contributed by atoms with E-state index in [0.29, 0.717) is 35.9 Å². The third kappa shape index (κ3) is 5.43. The van der Waals surface area contributed by atoms with Crippen molar-refractivity contribution in [3.05, 3.63) is 75.3 Å². The molecule has 3 rings (SSSR count). The number of rotatable bonds is 9. The second-order valence-electron chi connectivity index (χ2n) is 8.88. The standard InChI is InChI=1S/C25H29N3O6/c1-16(2)15-34-20-10-8-17(9-11-20)23(29)21-22(18-6-5-7-19(14-18)28(32)33)27(13-12-26(3)4)25(31)24(21)30/h5-11,14,16,22,29H,12-13,15H2,1-4H3/b23-21+/t22-/m0/s1. The van der Waals surface area contributed by atoms with Gasteiger partial charge in [-0.1, -0.05) is 26.0 Å². The van der Waals surface area contributed by atoms with E-state index in [4.69, 9.17) is 4.74 Å². The van der Waals surface area contributed by atoms with Crippen molar-refractivity contribution in [1.82, 2.24) is 9.80 Å². The van der Waals surface area contributed by atoms with Crippen LogP contribution in [0, 0.1) is 16.0 Å². The Morgan fingerprint density at radius 1 is 1.18 bits per heavy atom. The molecule has 1 aliphatic rings. The zero-order valence-corrected chi connectivity index (χ0v) is 19.7. The lowest BCUT2D eigenvalue weighted by molar-refractivity contribution is -0.384. The van der Waals surface area contributed by atoms with Gasteiger partial charge in [-0.3, -0.25) is 19.7 Å². The first kappa shape index (κ1) is 24.9. The molecule has 0 saturated carbocycles. The molecule has 0 spiro atoms. The molecule has 1 aliphatic heterocycles. The summed E-state index contributed by atoms with van der Waals surface area (Å²) in [5.41, 5.74) is 0.464. The number of Topliss-reactive ketones (excluding diaryl/α,β-unsaturated/α-hetero) is 1. The Balaban J connectivity index is 2.07. The molecule has 180 valence electrons. The fourth-order valence-electron chi connectivity index (χ4n) is 3.70. The van der Waals surface area contributed by atoms with E-state index in [1.165, 1.54) is 23.1 Å². The summed E-state index contributed by atoms with van der Waals surface area (Å²) in [7, 11) is 3.67. The van der Waals surface area contributed by atoms with Crippen LogP contribution in [-0.4, -0.2) is 65.3 Å². The molecular formula is C25H29N3O6. The Hall–Kier alpha value is -3.72. The number of hydrogen-bond donors (Lipinski definition) is 1. The summed E-state index contributed by atoms with van der Waals surface area (Å²) < 4.78 is 5.67. The molecule has 0 aliphatic carbocycles. The Kier molecular flexibility index (Phi) is 7.68. The van der Waals surface area contributed by atoms with Crippen LogP contribution in [0.2, 0.25) is 0 Å². The predicted molar refractivity (Wildman–Crippen MR) is 127 cm³/mol. The van der Waals surface area contributed by atoms with Crippen molar-refractivity contribution in [2.24, 2.45) is 5.92 Å². The number of nitro groups is 1. The molecule has 1 N–H and O–H groups in total. The number of benzene rings is 2. The van der Waals surface area contributed by atoms with E-state index >= 15 is 0 Å². The lowest BCUT2D eigenvalue weighted by Gasteiger charge is -2.26. The van der Waals surface area contributed by atoms with Crippen LogP contribution in [0.5, 0.6) is 5.75 Å². The van der Waals surface area contributed by atoms with Crippen LogP contribution in [0.25, 0.3) is 5.76 Å². The minimum Gasteiger partial charge on any atom is -0.507 e. The van der Waals surface area contributed by atoms with Crippen molar-refractivity contribution in [2.75, 3.05) is 33.8 Å². The Morgan fingerprint density at radius 3 is 2.44 bits per heavy atom. The van der Waals surface area contributed by atoms with Gasteiger partial charge in [0.25, 0.3) is 17.4 Å². The van der Waals surface area contributed by atoms with Crippen molar-refractivity contribution in [3.63, 3.8) is 0 Å². The van der Waals surface area contributed by atoms with Gasteiger partial charge in [0, 0.05) is 30.8 Å². The van der Waals surface area contributed by atoms with Crippen LogP contribution < -0.4 is 4.74 Å². The number of likely N-dealkylation sites (tertiary alicyclic amines) is 1. The van der Waals surface area contributed by atoms with Crippen molar-refractivity contribution >= 4 is 23.1 Å². The number of carbonyl (C=O) groups is 2. The first-order chi connectivity index (χ1) is 16.1. The van der Waals surface area contributed by atoms with E-state index < -0.39 is 22.7 Å². The van der Waals surface area contributed by atoms with Gasteiger partial charge in [-0.15, -0.1) is 0 Å². The number of aliphatic hydroxyl groups is 1. The number of nitro benzene ring substituents is 1. The second-order valence-corrected chi connectivity index (χ2v) is 8.88. The average molecular weight is 468 g/mol. The molecular weight excluding hydrogens is 438 g/mol. The zero-order chi connectivity index (χ0) is 25.0. The third-order valence-electron chi connectivity index (χ3n) is 5.44. The maximum Gasteiger partial charge on any atom is 0.295 e. The molecule has 1 saturated heterocycles. The van der Waals surface area contributed by atoms with Crippen molar-refractivity contribution in [2.45, 2.75) is 19.9 Å². The molecule has 34 heavy (non-hydrogen) atoms. The summed E-state index contributed by atoms with van der Waals surface area (Å²) in [4.78, 5) is 40.0. The fraction of sp³-hybridized carbons (Fsp3) is 0.360. The number of non-ortho nitro benzene ring substituents is 1. The lowest BCUT2D eigenvalue weighted by Crippen LogP contribution is -2.35. The van der Waals surface area contributed by atoms with E-state index in [0.717, 1.165) is 0 Å². The van der Waals surface area contributed by atoms with Crippen molar-refractivity contribution in [3.8, 4) is 5.75 Å². The number of carbonyl (C=O) groups excluding carboxylic acids is 2. The molecule has 0 aromatic heterocycles. The van der Waals surface area contributed by atoms with Gasteiger partial charge in [-0.05, 0) is 49.8 Å². The van der Waals surface area contributed by atoms with Crippen molar-refractivity contribution in [1.29, 1.82) is 0 Å². The van der Waals surface area contributed by atoms with Crippen LogP contribution in [-0.2, 0) is 9.59 Å². The highest BCUT2D eigenvalue weighted by molar-refractivity contribution is 6.46. The summed E-state index contributed by atoms with van der Waals surface area (Å²) in [5, 5.41) is 22.5. The predicted octanol–water partition coefficient (Wildman–Crippen LogP) is 3.61. The molecule has 0 unspecified atom stereocenters. The molecule has 2 aromatic carbocycles. The smallest absolute Gasteiger partial charge is 0.295 e. The summed E-state index contributed by atoms with van der Waals surface area (Å²) >= 11 is 0. The van der Waals surface area contributed by atoms with Crippen LogP contribution in [0.4, 0.5) is 5.69 Å². The highest BCUT2D eigenvalue weighted by atomic mass is 16.6. The number of amides is 1. The van der Waals surface area contributed by atoms with E-state index in [2.05, 4.69) is 0 Å². The minimum absolute atomic E-state index is 0.0971. The normalized spacial score (nSPS) is 17.6. The molecule has 2 aromatic rings. The number of ketones is 1. The van der Waals surface area contributed by atoms with E-state index in [-0.39, 0.29) is 23.6 Å². The molecule has 1 amide bonds. The second kappa shape index (κ2) is 10.5.